The van der Waals surface area contributed by atoms with Crippen LogP contribution in [-0.2, 0) is 4.74 Å². The van der Waals surface area contributed by atoms with Crippen LogP contribution in [0.2, 0.25) is 0 Å². The van der Waals surface area contributed by atoms with Crippen LogP contribution in [0.15, 0.2) is 40.8 Å². The zero-order valence-corrected chi connectivity index (χ0v) is 23.1. The van der Waals surface area contributed by atoms with E-state index >= 15 is 0 Å². The SMILES string of the molecule is COc1cnc(C(F)F)cc1-c1cc(/C(C=NC2CCOCC2)=C/N)ncc1C(=O)NC1NN=C(C#CC2CC2)S1. The van der Waals surface area contributed by atoms with Crippen LogP contribution < -0.4 is 21.2 Å². The maximum atomic E-state index is 13.6. The summed E-state index contributed by atoms with van der Waals surface area (Å²) in [5.41, 5.74) is 9.37. The Morgan fingerprint density at radius 3 is 2.76 bits per heavy atom. The summed E-state index contributed by atoms with van der Waals surface area (Å²) in [6.07, 6.45) is 6.54. The molecular weight excluding hydrogens is 552 g/mol. The van der Waals surface area contributed by atoms with Gasteiger partial charge in [-0.1, -0.05) is 5.92 Å². The molecule has 1 saturated carbocycles. The predicted octanol–water partition coefficient (Wildman–Crippen LogP) is 3.72. The van der Waals surface area contributed by atoms with E-state index in [1.165, 1.54) is 43.5 Å². The molecule has 0 bridgehead atoms. The molecule has 3 aliphatic rings. The lowest BCUT2D eigenvalue weighted by Crippen LogP contribution is -2.38. The summed E-state index contributed by atoms with van der Waals surface area (Å²) in [5.74, 6) is 6.29. The second kappa shape index (κ2) is 13.1. The molecule has 1 unspecified atom stereocenters. The van der Waals surface area contributed by atoms with E-state index in [4.69, 9.17) is 15.2 Å². The van der Waals surface area contributed by atoms with Crippen molar-refractivity contribution in [3.8, 4) is 28.7 Å². The van der Waals surface area contributed by atoms with Gasteiger partial charge in [0.05, 0.1) is 30.6 Å². The molecule has 1 atom stereocenters. The number of methoxy groups -OCH3 is 1. The van der Waals surface area contributed by atoms with Gasteiger partial charge in [-0.3, -0.25) is 25.2 Å². The highest BCUT2D eigenvalue weighted by atomic mass is 32.2. The number of halogens is 2. The van der Waals surface area contributed by atoms with E-state index in [1.807, 2.05) is 0 Å². The first-order valence-electron chi connectivity index (χ1n) is 13.1. The average molecular weight is 582 g/mol. The summed E-state index contributed by atoms with van der Waals surface area (Å²) >= 11 is 1.28. The zero-order chi connectivity index (χ0) is 28.8. The highest BCUT2D eigenvalue weighted by molar-refractivity contribution is 8.15. The van der Waals surface area contributed by atoms with Gasteiger partial charge >= 0.3 is 0 Å². The number of aromatic nitrogens is 2. The van der Waals surface area contributed by atoms with Crippen molar-refractivity contribution < 1.29 is 23.0 Å². The van der Waals surface area contributed by atoms with Crippen molar-refractivity contribution in [1.82, 2.24) is 20.7 Å². The molecule has 2 aromatic rings. The summed E-state index contributed by atoms with van der Waals surface area (Å²) < 4.78 is 38.1. The van der Waals surface area contributed by atoms with Gasteiger partial charge in [-0.05, 0) is 55.5 Å². The Bertz CT molecular complexity index is 1440. The normalized spacial score (nSPS) is 19.5. The van der Waals surface area contributed by atoms with Gasteiger partial charge in [0, 0.05) is 54.4 Å². The number of hydrogen-bond acceptors (Lipinski definition) is 10. The first-order valence-corrected chi connectivity index (χ1v) is 14.0. The maximum Gasteiger partial charge on any atom is 0.280 e. The molecule has 1 saturated heterocycles. The molecular formula is C28H29F2N7O3S. The van der Waals surface area contributed by atoms with E-state index in [2.05, 4.69) is 42.6 Å². The van der Waals surface area contributed by atoms with Gasteiger partial charge in [-0.25, -0.2) is 8.78 Å². The molecule has 4 N–H and O–H groups in total. The maximum absolute atomic E-state index is 13.6. The molecule has 0 aromatic carbocycles. The Morgan fingerprint density at radius 1 is 1.24 bits per heavy atom. The number of rotatable bonds is 8. The van der Waals surface area contributed by atoms with Crippen LogP contribution in [0.25, 0.3) is 16.7 Å². The molecule has 214 valence electrons. The fourth-order valence-corrected chi connectivity index (χ4v) is 4.89. The largest absolute Gasteiger partial charge is 0.494 e. The van der Waals surface area contributed by atoms with Crippen LogP contribution in [0.1, 0.15) is 53.9 Å². The number of ether oxygens (including phenoxy) is 2. The fourth-order valence-electron chi connectivity index (χ4n) is 4.17. The minimum Gasteiger partial charge on any atom is -0.494 e. The molecule has 41 heavy (non-hydrogen) atoms. The van der Waals surface area contributed by atoms with Gasteiger partial charge < -0.3 is 20.5 Å². The molecule has 2 aromatic heterocycles. The molecule has 0 radical (unpaired) electrons. The van der Waals surface area contributed by atoms with E-state index in [1.54, 1.807) is 12.3 Å². The number of alkyl halides is 2. The number of hydrogen-bond donors (Lipinski definition) is 3. The fraction of sp³-hybridized carbons (Fsp3) is 0.393. The standard InChI is InChI=1S/C28H29F2N7O3S/c1-39-24-15-34-23(26(29)30)11-20(24)19-10-22(17(12-31)13-32-18-6-8-40-9-7-18)33-14-21(19)27(38)35-28-37-36-25(41-28)5-4-16-2-3-16/h10-16,18,26,28,37H,2-3,6-9,31H2,1H3,(H,35,38)/b17-12+,32-13?. The van der Waals surface area contributed by atoms with Gasteiger partial charge in [0.15, 0.2) is 10.5 Å². The summed E-state index contributed by atoms with van der Waals surface area (Å²) in [5, 5.41) is 7.61. The molecule has 1 amide bonds. The van der Waals surface area contributed by atoms with E-state index in [-0.39, 0.29) is 22.9 Å². The highest BCUT2D eigenvalue weighted by Gasteiger charge is 2.26. The summed E-state index contributed by atoms with van der Waals surface area (Å²) in [6, 6.07) is 2.91. The van der Waals surface area contributed by atoms with E-state index in [0.717, 1.165) is 25.7 Å². The molecule has 13 heteroatoms. The van der Waals surface area contributed by atoms with Crippen LogP contribution in [0, 0.1) is 17.8 Å². The zero-order valence-electron chi connectivity index (χ0n) is 22.3. The number of aliphatic imine (C=N–C) groups is 1. The van der Waals surface area contributed by atoms with Crippen molar-refractivity contribution in [2.24, 2.45) is 21.7 Å². The lowest BCUT2D eigenvalue weighted by Gasteiger charge is -2.18. The van der Waals surface area contributed by atoms with Crippen molar-refractivity contribution in [1.29, 1.82) is 0 Å². The number of pyridine rings is 2. The first-order chi connectivity index (χ1) is 19.9. The van der Waals surface area contributed by atoms with Crippen LogP contribution in [0.4, 0.5) is 8.78 Å². The molecule has 0 spiro atoms. The Labute approximate surface area is 240 Å². The predicted molar refractivity (Wildman–Crippen MR) is 153 cm³/mol. The third-order valence-corrected chi connectivity index (χ3v) is 7.47. The molecule has 2 aliphatic heterocycles. The summed E-state index contributed by atoms with van der Waals surface area (Å²) in [7, 11) is 1.40. The monoisotopic (exact) mass is 581 g/mol. The Balaban J connectivity index is 1.46. The minimum absolute atomic E-state index is 0.0922. The quantitative estimate of drug-likeness (QED) is 0.317. The van der Waals surface area contributed by atoms with E-state index in [9.17, 15) is 13.6 Å². The Morgan fingerprint density at radius 2 is 2.05 bits per heavy atom. The second-order valence-electron chi connectivity index (χ2n) is 9.53. The van der Waals surface area contributed by atoms with Crippen LogP contribution in [-0.4, -0.2) is 59.0 Å². The smallest absolute Gasteiger partial charge is 0.280 e. The number of amides is 1. The second-order valence-corrected chi connectivity index (χ2v) is 10.6. The minimum atomic E-state index is -2.82. The number of hydrazone groups is 1. The topological polar surface area (TPSA) is 136 Å². The van der Waals surface area contributed by atoms with E-state index in [0.29, 0.717) is 41.0 Å². The van der Waals surface area contributed by atoms with Gasteiger partial charge in [-0.2, -0.15) is 5.10 Å². The van der Waals surface area contributed by atoms with Gasteiger partial charge in [0.1, 0.15) is 11.4 Å². The van der Waals surface area contributed by atoms with E-state index < -0.39 is 23.5 Å². The van der Waals surface area contributed by atoms with Crippen molar-refractivity contribution in [2.75, 3.05) is 20.3 Å². The Hall–Kier alpha value is -4.02. The number of carbonyl (C=O) groups is 1. The number of thioether (sulfide) groups is 1. The first kappa shape index (κ1) is 28.5. The third kappa shape index (κ3) is 7.20. The lowest BCUT2D eigenvalue weighted by atomic mass is 9.97. The number of carbonyl (C=O) groups excluding carboxylic acids is 1. The van der Waals surface area contributed by atoms with Crippen LogP contribution >= 0.6 is 11.8 Å². The average Bonchev–Trinajstić information content (AvgIpc) is 3.73. The number of nitrogens with two attached hydrogens (primary N) is 1. The van der Waals surface area contributed by atoms with Gasteiger partial charge in [-0.15, -0.1) is 0 Å². The van der Waals surface area contributed by atoms with Gasteiger partial charge in [0.25, 0.3) is 12.3 Å². The third-order valence-electron chi connectivity index (χ3n) is 6.60. The molecule has 5 rings (SSSR count). The number of nitrogens with zero attached hydrogens (tertiary/aromatic N) is 4. The molecule has 4 heterocycles. The van der Waals surface area contributed by atoms with Crippen molar-refractivity contribution in [3.05, 3.63) is 47.7 Å². The number of allylic oxidation sites excluding steroid dienone is 1. The number of nitrogens with one attached hydrogen (secondary N) is 2. The highest BCUT2D eigenvalue weighted by Crippen LogP contribution is 2.36. The van der Waals surface area contributed by atoms with Crippen molar-refractivity contribution in [3.63, 3.8) is 0 Å². The summed E-state index contributed by atoms with van der Waals surface area (Å²) in [6.45, 7) is 1.27. The van der Waals surface area contributed by atoms with Crippen LogP contribution in [0.5, 0.6) is 5.75 Å². The van der Waals surface area contributed by atoms with Crippen LogP contribution in [0.3, 0.4) is 0 Å². The molecule has 10 nitrogen and oxygen atoms in total. The Kier molecular flexibility index (Phi) is 9.11. The lowest BCUT2D eigenvalue weighted by molar-refractivity contribution is 0.0872. The van der Waals surface area contributed by atoms with Crippen molar-refractivity contribution in [2.45, 2.75) is 43.6 Å². The molecule has 1 aliphatic carbocycles. The summed E-state index contributed by atoms with van der Waals surface area (Å²) in [4.78, 5) is 26.4. The van der Waals surface area contributed by atoms with Crippen molar-refractivity contribution >= 4 is 34.5 Å². The van der Waals surface area contributed by atoms with Gasteiger partial charge in [0.2, 0.25) is 0 Å². The molecule has 2 fully saturated rings.